The van der Waals surface area contributed by atoms with Gasteiger partial charge >= 0.3 is 0 Å². The Balaban J connectivity index is 1.73. The van der Waals surface area contributed by atoms with Crippen LogP contribution in [-0.2, 0) is 14.3 Å². The third-order valence-corrected chi connectivity index (χ3v) is 4.36. The van der Waals surface area contributed by atoms with Crippen molar-refractivity contribution in [3.63, 3.8) is 0 Å². The maximum Gasteiger partial charge on any atom is 0.270 e. The van der Waals surface area contributed by atoms with E-state index in [0.717, 1.165) is 11.1 Å². The van der Waals surface area contributed by atoms with E-state index in [0.29, 0.717) is 26.3 Å². The fraction of sp³-hybridized carbons (Fsp3) is 0.167. The van der Waals surface area contributed by atoms with Crippen LogP contribution in [0.2, 0.25) is 0 Å². The first-order valence-corrected chi connectivity index (χ1v) is 9.57. The summed E-state index contributed by atoms with van der Waals surface area (Å²) in [7, 11) is 0. The minimum absolute atomic E-state index is 0.215. The highest BCUT2D eigenvalue weighted by atomic mass is 16.5. The molecule has 5 heteroatoms. The van der Waals surface area contributed by atoms with Crippen LogP contribution in [-0.4, -0.2) is 43.0 Å². The van der Waals surface area contributed by atoms with Gasteiger partial charge in [-0.1, -0.05) is 72.8 Å². The summed E-state index contributed by atoms with van der Waals surface area (Å²) in [5.41, 5.74) is 2.16. The maximum atomic E-state index is 12.9. The third kappa shape index (κ3) is 6.59. The van der Waals surface area contributed by atoms with E-state index in [4.69, 9.17) is 4.74 Å². The van der Waals surface area contributed by atoms with Crippen LogP contribution in [0.15, 0.2) is 84.6 Å². The zero-order valence-electron chi connectivity index (χ0n) is 16.2. The number of ether oxygens (including phenoxy) is 1. The topological polar surface area (TPSA) is 58.6 Å². The summed E-state index contributed by atoms with van der Waals surface area (Å²) in [4.78, 5) is 27.0. The monoisotopic (exact) mass is 388 g/mol. The summed E-state index contributed by atoms with van der Waals surface area (Å²) >= 11 is 0. The molecule has 0 aromatic heterocycles. The van der Waals surface area contributed by atoms with E-state index < -0.39 is 0 Å². The van der Waals surface area contributed by atoms with E-state index in [1.54, 1.807) is 23.1 Å². The molecule has 1 aliphatic rings. The molecule has 2 aromatic rings. The van der Waals surface area contributed by atoms with Crippen LogP contribution < -0.4 is 5.32 Å². The van der Waals surface area contributed by atoms with Gasteiger partial charge in [-0.25, -0.2) is 0 Å². The third-order valence-electron chi connectivity index (χ3n) is 4.36. The second-order valence-electron chi connectivity index (χ2n) is 6.49. The van der Waals surface area contributed by atoms with Crippen molar-refractivity contribution in [3.8, 4) is 0 Å². The number of carbonyl (C=O) groups is 2. The number of rotatable bonds is 6. The van der Waals surface area contributed by atoms with Gasteiger partial charge in [-0.3, -0.25) is 9.59 Å². The molecule has 29 heavy (non-hydrogen) atoms. The Hall–Kier alpha value is -3.44. The Bertz CT molecular complexity index is 896. The van der Waals surface area contributed by atoms with Crippen molar-refractivity contribution in [1.29, 1.82) is 0 Å². The molecule has 0 atom stereocenters. The van der Waals surface area contributed by atoms with E-state index >= 15 is 0 Å². The van der Waals surface area contributed by atoms with Crippen LogP contribution in [0.4, 0.5) is 0 Å². The lowest BCUT2D eigenvalue weighted by Crippen LogP contribution is -2.44. The second-order valence-corrected chi connectivity index (χ2v) is 6.49. The second kappa shape index (κ2) is 10.8. The van der Waals surface area contributed by atoms with E-state index in [1.807, 2.05) is 66.7 Å². The molecule has 1 N–H and O–H groups in total. The number of allylic oxidation sites excluding steroid dienone is 2. The van der Waals surface area contributed by atoms with Crippen LogP contribution in [0.3, 0.4) is 0 Å². The van der Waals surface area contributed by atoms with Gasteiger partial charge in [-0.2, -0.15) is 0 Å². The van der Waals surface area contributed by atoms with Crippen LogP contribution in [0, 0.1) is 0 Å². The summed E-state index contributed by atoms with van der Waals surface area (Å²) in [6, 6.07) is 19.3. The molecule has 5 nitrogen and oxygen atoms in total. The first-order valence-electron chi connectivity index (χ1n) is 9.57. The van der Waals surface area contributed by atoms with Gasteiger partial charge < -0.3 is 15.0 Å². The molecule has 3 rings (SSSR count). The van der Waals surface area contributed by atoms with Gasteiger partial charge in [-0.05, 0) is 23.3 Å². The average molecular weight is 388 g/mol. The number of hydrogen-bond donors (Lipinski definition) is 1. The lowest BCUT2D eigenvalue weighted by atomic mass is 10.2. The van der Waals surface area contributed by atoms with Crippen LogP contribution in [0.5, 0.6) is 0 Å². The molecular weight excluding hydrogens is 364 g/mol. The lowest BCUT2D eigenvalue weighted by Gasteiger charge is -2.27. The highest BCUT2D eigenvalue weighted by Gasteiger charge is 2.21. The predicted molar refractivity (Wildman–Crippen MR) is 115 cm³/mol. The highest BCUT2D eigenvalue weighted by molar-refractivity contribution is 6.01. The zero-order chi connectivity index (χ0) is 20.3. The van der Waals surface area contributed by atoms with Crippen LogP contribution >= 0.6 is 0 Å². The number of carbonyl (C=O) groups excluding carboxylic acids is 2. The Morgan fingerprint density at radius 1 is 0.862 bits per heavy atom. The van der Waals surface area contributed by atoms with Gasteiger partial charge in [0, 0.05) is 19.2 Å². The quantitative estimate of drug-likeness (QED) is 0.610. The number of nitrogens with one attached hydrogen (secondary N) is 1. The van der Waals surface area contributed by atoms with E-state index in [9.17, 15) is 9.59 Å². The fourth-order valence-corrected chi connectivity index (χ4v) is 2.83. The molecule has 1 aliphatic heterocycles. The molecule has 1 heterocycles. The summed E-state index contributed by atoms with van der Waals surface area (Å²) in [6.07, 6.45) is 8.43. The molecule has 0 spiro atoms. The minimum atomic E-state index is -0.352. The van der Waals surface area contributed by atoms with E-state index in [1.165, 1.54) is 6.08 Å². The van der Waals surface area contributed by atoms with E-state index in [2.05, 4.69) is 5.32 Å². The molecule has 1 saturated heterocycles. The number of benzene rings is 2. The summed E-state index contributed by atoms with van der Waals surface area (Å²) in [5, 5.41) is 2.72. The smallest absolute Gasteiger partial charge is 0.270 e. The molecule has 0 radical (unpaired) electrons. The summed E-state index contributed by atoms with van der Waals surface area (Å²) in [6.45, 7) is 2.02. The van der Waals surface area contributed by atoms with Crippen LogP contribution in [0.25, 0.3) is 12.2 Å². The van der Waals surface area contributed by atoms with Crippen LogP contribution in [0.1, 0.15) is 11.1 Å². The molecule has 2 aromatic carbocycles. The van der Waals surface area contributed by atoms with Gasteiger partial charge in [0.25, 0.3) is 5.91 Å². The Labute approximate surface area is 171 Å². The molecule has 0 unspecified atom stereocenters. The summed E-state index contributed by atoms with van der Waals surface area (Å²) in [5.74, 6) is -0.567. The molecule has 0 saturated carbocycles. The summed E-state index contributed by atoms with van der Waals surface area (Å²) < 4.78 is 5.31. The van der Waals surface area contributed by atoms with Gasteiger partial charge in [0.2, 0.25) is 5.91 Å². The first-order chi connectivity index (χ1) is 14.2. The highest BCUT2D eigenvalue weighted by Crippen LogP contribution is 2.07. The number of amides is 2. The van der Waals surface area contributed by atoms with Gasteiger partial charge in [0.05, 0.1) is 13.2 Å². The van der Waals surface area contributed by atoms with Crippen molar-refractivity contribution < 1.29 is 14.3 Å². The van der Waals surface area contributed by atoms with Crippen molar-refractivity contribution in [2.75, 3.05) is 26.3 Å². The van der Waals surface area contributed by atoms with Gasteiger partial charge in [-0.15, -0.1) is 0 Å². The van der Waals surface area contributed by atoms with Crippen molar-refractivity contribution in [3.05, 3.63) is 95.7 Å². The molecule has 0 bridgehead atoms. The molecular formula is C24H24N2O3. The molecule has 1 fully saturated rings. The Morgan fingerprint density at radius 2 is 1.45 bits per heavy atom. The zero-order valence-corrected chi connectivity index (χ0v) is 16.2. The fourth-order valence-electron chi connectivity index (χ4n) is 2.83. The van der Waals surface area contributed by atoms with Gasteiger partial charge in [0.1, 0.15) is 5.70 Å². The van der Waals surface area contributed by atoms with Gasteiger partial charge in [0.15, 0.2) is 0 Å². The SMILES string of the molecule is O=C(/C=C/c1ccccc1)N/C(=C\C=C\c1ccccc1)C(=O)N1CCOCC1. The van der Waals surface area contributed by atoms with Crippen molar-refractivity contribution >= 4 is 24.0 Å². The number of nitrogens with zero attached hydrogens (tertiary/aromatic N) is 1. The predicted octanol–water partition coefficient (Wildman–Crippen LogP) is 3.27. The minimum Gasteiger partial charge on any atom is -0.378 e. The molecule has 148 valence electrons. The number of hydrogen-bond acceptors (Lipinski definition) is 3. The van der Waals surface area contributed by atoms with Crippen molar-refractivity contribution in [1.82, 2.24) is 10.2 Å². The Kier molecular flexibility index (Phi) is 7.55. The number of morpholine rings is 1. The van der Waals surface area contributed by atoms with Crippen molar-refractivity contribution in [2.24, 2.45) is 0 Å². The Morgan fingerprint density at radius 3 is 2.07 bits per heavy atom. The first kappa shape index (κ1) is 20.3. The maximum absolute atomic E-state index is 12.9. The lowest BCUT2D eigenvalue weighted by molar-refractivity contribution is -0.132. The largest absolute Gasteiger partial charge is 0.378 e. The molecule has 2 amide bonds. The normalized spacial score (nSPS) is 15.0. The van der Waals surface area contributed by atoms with Crippen molar-refractivity contribution in [2.45, 2.75) is 0 Å². The molecule has 0 aliphatic carbocycles. The standard InChI is InChI=1S/C24H24N2O3/c27-23(15-14-21-10-5-2-6-11-21)25-22(24(28)26-16-18-29-19-17-26)13-7-12-20-8-3-1-4-9-20/h1-15H,16-19H2,(H,25,27)/b12-7+,15-14+,22-13-. The van der Waals surface area contributed by atoms with E-state index in [-0.39, 0.29) is 17.5 Å². The average Bonchev–Trinajstić information content (AvgIpc) is 2.78.